The van der Waals surface area contributed by atoms with Gasteiger partial charge in [0.1, 0.15) is 0 Å². The van der Waals surface area contributed by atoms with Crippen molar-refractivity contribution in [3.63, 3.8) is 0 Å². The number of aromatic nitrogens is 2. The Morgan fingerprint density at radius 1 is 1.12 bits per heavy atom. The molecule has 3 rings (SSSR count). The number of sulfonamides is 1. The zero-order valence-electron chi connectivity index (χ0n) is 19.2. The van der Waals surface area contributed by atoms with Crippen molar-refractivity contribution >= 4 is 15.9 Å². The van der Waals surface area contributed by atoms with Gasteiger partial charge in [0.05, 0.1) is 22.6 Å². The van der Waals surface area contributed by atoms with Gasteiger partial charge < -0.3 is 4.90 Å². The Balaban J connectivity index is 1.66. The van der Waals surface area contributed by atoms with E-state index >= 15 is 0 Å². The van der Waals surface area contributed by atoms with E-state index in [1.165, 1.54) is 0 Å². The van der Waals surface area contributed by atoms with Gasteiger partial charge in [-0.25, -0.2) is 8.42 Å². The van der Waals surface area contributed by atoms with Gasteiger partial charge in [-0.1, -0.05) is 19.9 Å². The van der Waals surface area contributed by atoms with Crippen LogP contribution < -0.4 is 0 Å². The second-order valence-electron chi connectivity index (χ2n) is 8.71. The maximum Gasteiger partial charge on any atom is 0.416 e. The first-order chi connectivity index (χ1) is 15.3. The van der Waals surface area contributed by atoms with Crippen molar-refractivity contribution in [3.8, 4) is 0 Å². The lowest BCUT2D eigenvalue weighted by Gasteiger charge is -2.34. The summed E-state index contributed by atoms with van der Waals surface area (Å²) >= 11 is 0. The van der Waals surface area contributed by atoms with E-state index in [-0.39, 0.29) is 38.5 Å². The van der Waals surface area contributed by atoms with E-state index in [9.17, 15) is 26.4 Å². The number of nitrogens with zero attached hydrogens (tertiary/aromatic N) is 4. The van der Waals surface area contributed by atoms with E-state index < -0.39 is 26.7 Å². The largest absolute Gasteiger partial charge is 0.416 e. The van der Waals surface area contributed by atoms with Crippen molar-refractivity contribution in [3.05, 3.63) is 46.8 Å². The lowest BCUT2D eigenvalue weighted by atomic mass is 10.1. The van der Waals surface area contributed by atoms with Crippen LogP contribution in [0.3, 0.4) is 0 Å². The molecule has 33 heavy (non-hydrogen) atoms. The molecule has 1 aliphatic rings. The fourth-order valence-electron chi connectivity index (χ4n) is 3.94. The molecule has 0 saturated carbocycles. The summed E-state index contributed by atoms with van der Waals surface area (Å²) in [6.45, 7) is 9.14. The van der Waals surface area contributed by atoms with Crippen LogP contribution >= 0.6 is 0 Å². The number of aryl methyl sites for hydroxylation is 1. The highest BCUT2D eigenvalue weighted by molar-refractivity contribution is 7.89. The Morgan fingerprint density at radius 2 is 1.76 bits per heavy atom. The number of alkyl halides is 3. The van der Waals surface area contributed by atoms with Crippen LogP contribution in [0.1, 0.15) is 36.4 Å². The third kappa shape index (κ3) is 5.57. The van der Waals surface area contributed by atoms with Crippen LogP contribution in [0.5, 0.6) is 0 Å². The number of hydrogen-bond acceptors (Lipinski definition) is 4. The van der Waals surface area contributed by atoms with Crippen LogP contribution in [0.2, 0.25) is 0 Å². The number of piperazine rings is 1. The van der Waals surface area contributed by atoms with E-state index in [4.69, 9.17) is 0 Å². The Bertz CT molecular complexity index is 1120. The molecule has 2 aromatic rings. The summed E-state index contributed by atoms with van der Waals surface area (Å²) in [5.41, 5.74) is 1.60. The molecule has 0 aliphatic carbocycles. The van der Waals surface area contributed by atoms with Gasteiger partial charge in [-0.2, -0.15) is 22.6 Å². The van der Waals surface area contributed by atoms with E-state index in [2.05, 4.69) is 18.9 Å². The number of carbonyl (C=O) groups is 1. The molecular formula is C22H29F3N4O3S. The van der Waals surface area contributed by atoms with E-state index in [1.54, 1.807) is 4.90 Å². The van der Waals surface area contributed by atoms with Gasteiger partial charge in [-0.15, -0.1) is 0 Å². The van der Waals surface area contributed by atoms with Crippen molar-refractivity contribution in [1.82, 2.24) is 19.0 Å². The molecule has 0 atom stereocenters. The summed E-state index contributed by atoms with van der Waals surface area (Å²) < 4.78 is 67.7. The quantitative estimate of drug-likeness (QED) is 0.628. The van der Waals surface area contributed by atoms with Crippen molar-refractivity contribution in [2.75, 3.05) is 26.2 Å². The van der Waals surface area contributed by atoms with E-state index in [0.29, 0.717) is 12.0 Å². The highest BCUT2D eigenvalue weighted by Crippen LogP contribution is 2.31. The summed E-state index contributed by atoms with van der Waals surface area (Å²) in [5, 5.41) is 4.53. The third-order valence-electron chi connectivity index (χ3n) is 5.79. The van der Waals surface area contributed by atoms with Crippen LogP contribution in [0.25, 0.3) is 0 Å². The van der Waals surface area contributed by atoms with Gasteiger partial charge in [-0.05, 0) is 38.0 Å². The summed E-state index contributed by atoms with van der Waals surface area (Å²) in [6.07, 6.45) is -4.45. The topological polar surface area (TPSA) is 75.5 Å². The van der Waals surface area contributed by atoms with Crippen LogP contribution in [-0.2, 0) is 34.0 Å². The maximum atomic E-state index is 13.0. The SMILES string of the molecule is Cc1nn(CC(C)C)c(C)c1CC(=O)N1CCN(S(=O)(=O)c2cccc(C(F)(F)F)c2)CC1. The number of rotatable bonds is 6. The highest BCUT2D eigenvalue weighted by atomic mass is 32.2. The first-order valence-corrected chi connectivity index (χ1v) is 12.2. The average molecular weight is 487 g/mol. The summed E-state index contributed by atoms with van der Waals surface area (Å²) in [7, 11) is -4.09. The van der Waals surface area contributed by atoms with Gasteiger partial charge in [-0.3, -0.25) is 9.48 Å². The van der Waals surface area contributed by atoms with Crippen LogP contribution in [-0.4, -0.2) is 59.5 Å². The van der Waals surface area contributed by atoms with Crippen LogP contribution in [0, 0.1) is 19.8 Å². The normalized spacial score (nSPS) is 15.9. The molecule has 1 saturated heterocycles. The molecule has 0 N–H and O–H groups in total. The predicted octanol–water partition coefficient (Wildman–Crippen LogP) is 3.25. The zero-order valence-corrected chi connectivity index (χ0v) is 20.0. The summed E-state index contributed by atoms with van der Waals surface area (Å²) in [4.78, 5) is 14.1. The lowest BCUT2D eigenvalue weighted by Crippen LogP contribution is -2.50. The minimum absolute atomic E-state index is 0.0227. The monoisotopic (exact) mass is 486 g/mol. The molecule has 2 heterocycles. The average Bonchev–Trinajstić information content (AvgIpc) is 3.00. The third-order valence-corrected chi connectivity index (χ3v) is 7.68. The fraction of sp³-hybridized carbons (Fsp3) is 0.545. The molecule has 0 radical (unpaired) electrons. The highest BCUT2D eigenvalue weighted by Gasteiger charge is 2.34. The molecule has 1 fully saturated rings. The Morgan fingerprint density at radius 3 is 2.33 bits per heavy atom. The standard InChI is InChI=1S/C22H29F3N4O3S/c1-15(2)14-29-17(4)20(16(3)26-29)13-21(30)27-8-10-28(11-9-27)33(31,32)19-7-5-6-18(12-19)22(23,24)25/h5-7,12,15H,8-11,13-14H2,1-4H3. The number of benzene rings is 1. The molecule has 0 spiro atoms. The molecule has 1 amide bonds. The fourth-order valence-corrected chi connectivity index (χ4v) is 5.40. The predicted molar refractivity (Wildman–Crippen MR) is 117 cm³/mol. The second-order valence-corrected chi connectivity index (χ2v) is 10.7. The van der Waals surface area contributed by atoms with Crippen LogP contribution in [0.15, 0.2) is 29.2 Å². The number of hydrogen-bond donors (Lipinski definition) is 0. The molecule has 0 unspecified atom stereocenters. The van der Waals surface area contributed by atoms with E-state index in [0.717, 1.165) is 46.0 Å². The molecule has 1 aromatic carbocycles. The summed E-state index contributed by atoms with van der Waals surface area (Å²) in [5.74, 6) is 0.291. The molecule has 0 bridgehead atoms. The Hall–Kier alpha value is -2.40. The number of carbonyl (C=O) groups excluding carboxylic acids is 1. The van der Waals surface area contributed by atoms with Gasteiger partial charge in [0.2, 0.25) is 15.9 Å². The zero-order chi connectivity index (χ0) is 24.6. The minimum Gasteiger partial charge on any atom is -0.340 e. The van der Waals surface area contributed by atoms with Crippen molar-refractivity contribution in [1.29, 1.82) is 0 Å². The lowest BCUT2D eigenvalue weighted by molar-refractivity contribution is -0.137. The van der Waals surface area contributed by atoms with Gasteiger partial charge in [0.25, 0.3) is 0 Å². The molecule has 1 aromatic heterocycles. The van der Waals surface area contributed by atoms with Crippen molar-refractivity contribution in [2.45, 2.75) is 51.7 Å². The molecule has 11 heteroatoms. The van der Waals surface area contributed by atoms with Crippen molar-refractivity contribution in [2.24, 2.45) is 5.92 Å². The molecule has 7 nitrogen and oxygen atoms in total. The van der Waals surface area contributed by atoms with Crippen LogP contribution in [0.4, 0.5) is 13.2 Å². The first-order valence-electron chi connectivity index (χ1n) is 10.8. The molecule has 182 valence electrons. The van der Waals surface area contributed by atoms with Gasteiger partial charge in [0, 0.05) is 44.0 Å². The Kier molecular flexibility index (Phi) is 7.23. The van der Waals surface area contributed by atoms with E-state index in [1.807, 2.05) is 18.5 Å². The number of halogens is 3. The molecule has 1 aliphatic heterocycles. The molecular weight excluding hydrogens is 457 g/mol. The van der Waals surface area contributed by atoms with Gasteiger partial charge >= 0.3 is 6.18 Å². The Labute approximate surface area is 192 Å². The van der Waals surface area contributed by atoms with Gasteiger partial charge in [0.15, 0.2) is 0 Å². The smallest absolute Gasteiger partial charge is 0.340 e. The maximum absolute atomic E-state index is 13.0. The van der Waals surface area contributed by atoms with Crippen molar-refractivity contribution < 1.29 is 26.4 Å². The number of amides is 1. The first kappa shape index (κ1) is 25.2. The second kappa shape index (κ2) is 9.46. The summed E-state index contributed by atoms with van der Waals surface area (Å²) in [6, 6.07) is 3.72. The minimum atomic E-state index is -4.63.